The van der Waals surface area contributed by atoms with E-state index in [4.69, 9.17) is 5.73 Å². The topological polar surface area (TPSA) is 49.6 Å². The Kier molecular flexibility index (Phi) is 6.45. The summed E-state index contributed by atoms with van der Waals surface area (Å²) in [7, 11) is 0. The van der Waals surface area contributed by atoms with E-state index in [0.717, 1.165) is 26.2 Å². The monoisotopic (exact) mass is 281 g/mol. The van der Waals surface area contributed by atoms with Crippen molar-refractivity contribution >= 4 is 11.6 Å². The molecule has 1 amide bonds. The maximum Gasteiger partial charge on any atom is 0.219 e. The number of para-hydroxylation sites is 1. The van der Waals surface area contributed by atoms with Gasteiger partial charge in [0.25, 0.3) is 0 Å². The van der Waals surface area contributed by atoms with Crippen molar-refractivity contribution in [1.82, 2.24) is 9.80 Å². The number of nitrogens with zero attached hydrogens (tertiary/aromatic N) is 2. The highest BCUT2D eigenvalue weighted by Crippen LogP contribution is 2.06. The summed E-state index contributed by atoms with van der Waals surface area (Å²) in [5.41, 5.74) is 5.35. The Hall–Kier alpha value is -1.62. The largest absolute Gasteiger partial charge is 0.396 e. The van der Waals surface area contributed by atoms with Crippen molar-refractivity contribution in [3.63, 3.8) is 0 Å². The number of piperazine rings is 1. The van der Waals surface area contributed by atoms with Crippen LogP contribution in [0.15, 0.2) is 24.3 Å². The summed E-state index contributed by atoms with van der Waals surface area (Å²) in [6.45, 7) is 9.88. The van der Waals surface area contributed by atoms with Crippen LogP contribution in [0.1, 0.15) is 20.8 Å². The Balaban J connectivity index is 0.000000217. The molecule has 5 heteroatoms. The molecule has 1 aliphatic rings. The predicted molar refractivity (Wildman–Crippen MR) is 79.8 cm³/mol. The number of hydrogen-bond donors (Lipinski definition) is 1. The lowest BCUT2D eigenvalue weighted by atomic mass is 10.2. The predicted octanol–water partition coefficient (Wildman–Crippen LogP) is 1.97. The molecule has 112 valence electrons. The minimum Gasteiger partial charge on any atom is -0.396 e. The van der Waals surface area contributed by atoms with Gasteiger partial charge in [0.05, 0.1) is 5.69 Å². The number of carbonyl (C=O) groups is 1. The van der Waals surface area contributed by atoms with E-state index in [1.54, 1.807) is 19.1 Å². The molecule has 4 nitrogen and oxygen atoms in total. The number of hydrogen-bond acceptors (Lipinski definition) is 3. The van der Waals surface area contributed by atoms with Crippen LogP contribution in [0.2, 0.25) is 0 Å². The van der Waals surface area contributed by atoms with Gasteiger partial charge in [0.15, 0.2) is 0 Å². The van der Waals surface area contributed by atoms with E-state index in [-0.39, 0.29) is 17.4 Å². The highest BCUT2D eigenvalue weighted by atomic mass is 19.1. The van der Waals surface area contributed by atoms with Gasteiger partial charge in [0.2, 0.25) is 5.91 Å². The third kappa shape index (κ3) is 5.17. The van der Waals surface area contributed by atoms with Crippen molar-refractivity contribution in [1.29, 1.82) is 0 Å². The number of benzene rings is 1. The fourth-order valence-corrected chi connectivity index (χ4v) is 2.03. The molecule has 0 saturated carbocycles. The second kappa shape index (κ2) is 7.85. The lowest BCUT2D eigenvalue weighted by molar-refractivity contribution is -0.130. The number of halogens is 1. The Bertz CT molecular complexity index is 408. The molecule has 1 aromatic carbocycles. The van der Waals surface area contributed by atoms with Crippen molar-refractivity contribution < 1.29 is 9.18 Å². The van der Waals surface area contributed by atoms with Crippen LogP contribution in [-0.2, 0) is 4.79 Å². The Labute approximate surface area is 120 Å². The summed E-state index contributed by atoms with van der Waals surface area (Å²) < 4.78 is 12.2. The smallest absolute Gasteiger partial charge is 0.219 e. The molecule has 0 unspecified atom stereocenters. The third-order valence-corrected chi connectivity index (χ3v) is 3.40. The van der Waals surface area contributed by atoms with E-state index in [1.165, 1.54) is 12.1 Å². The first-order valence-corrected chi connectivity index (χ1v) is 6.91. The van der Waals surface area contributed by atoms with Crippen LogP contribution in [-0.4, -0.2) is 47.9 Å². The van der Waals surface area contributed by atoms with Gasteiger partial charge in [0, 0.05) is 39.1 Å². The number of anilines is 1. The first-order valence-electron chi connectivity index (χ1n) is 6.91. The van der Waals surface area contributed by atoms with E-state index in [0.29, 0.717) is 6.04 Å². The Morgan fingerprint density at radius 1 is 1.20 bits per heavy atom. The molecule has 0 atom stereocenters. The average Bonchev–Trinajstić information content (AvgIpc) is 2.43. The standard InChI is InChI=1S/C9H18N2O.C6H6FN/c1-8(2)10-4-6-11(7-5-10)9(3)12;7-5-3-1-2-4-6(5)8/h8H,4-7H2,1-3H3;1-4H,8H2. The van der Waals surface area contributed by atoms with Crippen LogP contribution >= 0.6 is 0 Å². The summed E-state index contributed by atoms with van der Waals surface area (Å²) in [5.74, 6) is -0.147. The van der Waals surface area contributed by atoms with Gasteiger partial charge in [-0.2, -0.15) is 0 Å². The molecule has 1 aliphatic heterocycles. The average molecular weight is 281 g/mol. The van der Waals surface area contributed by atoms with Gasteiger partial charge in [0.1, 0.15) is 5.82 Å². The zero-order chi connectivity index (χ0) is 15.1. The van der Waals surface area contributed by atoms with Gasteiger partial charge in [-0.1, -0.05) is 12.1 Å². The van der Waals surface area contributed by atoms with Crippen LogP contribution in [0.4, 0.5) is 10.1 Å². The van der Waals surface area contributed by atoms with Crippen molar-refractivity contribution in [2.24, 2.45) is 0 Å². The number of rotatable bonds is 1. The second-order valence-corrected chi connectivity index (χ2v) is 5.16. The van der Waals surface area contributed by atoms with Gasteiger partial charge in [-0.25, -0.2) is 4.39 Å². The number of carbonyl (C=O) groups excluding carboxylic acids is 1. The SMILES string of the molecule is CC(=O)N1CCN(C(C)C)CC1.Nc1ccccc1F. The molecule has 2 rings (SSSR count). The summed E-state index contributed by atoms with van der Waals surface area (Å²) >= 11 is 0. The van der Waals surface area contributed by atoms with Crippen LogP contribution in [0.5, 0.6) is 0 Å². The maximum atomic E-state index is 12.2. The van der Waals surface area contributed by atoms with Crippen LogP contribution < -0.4 is 5.73 Å². The first kappa shape index (κ1) is 16.4. The zero-order valence-electron chi connectivity index (χ0n) is 12.5. The fourth-order valence-electron chi connectivity index (χ4n) is 2.03. The van der Waals surface area contributed by atoms with Crippen LogP contribution in [0, 0.1) is 5.82 Å². The van der Waals surface area contributed by atoms with Crippen molar-refractivity contribution in [2.45, 2.75) is 26.8 Å². The van der Waals surface area contributed by atoms with Crippen molar-refractivity contribution in [2.75, 3.05) is 31.9 Å². The number of nitrogen functional groups attached to an aromatic ring is 1. The summed E-state index contributed by atoms with van der Waals surface area (Å²) in [4.78, 5) is 15.3. The molecule has 1 aromatic rings. The molecule has 20 heavy (non-hydrogen) atoms. The molecule has 0 radical (unpaired) electrons. The highest BCUT2D eigenvalue weighted by molar-refractivity contribution is 5.73. The molecular formula is C15H24FN3O. The molecule has 0 aliphatic carbocycles. The lowest BCUT2D eigenvalue weighted by Gasteiger charge is -2.36. The molecule has 0 bridgehead atoms. The van der Waals surface area contributed by atoms with Crippen molar-refractivity contribution in [3.05, 3.63) is 30.1 Å². The fraction of sp³-hybridized carbons (Fsp3) is 0.533. The van der Waals surface area contributed by atoms with E-state index in [2.05, 4.69) is 18.7 Å². The molecule has 1 saturated heterocycles. The van der Waals surface area contributed by atoms with Crippen LogP contribution in [0.3, 0.4) is 0 Å². The van der Waals surface area contributed by atoms with Gasteiger partial charge in [-0.05, 0) is 26.0 Å². The molecular weight excluding hydrogens is 257 g/mol. The molecule has 2 N–H and O–H groups in total. The third-order valence-electron chi connectivity index (χ3n) is 3.40. The van der Waals surface area contributed by atoms with Gasteiger partial charge in [-0.15, -0.1) is 0 Å². The molecule has 1 heterocycles. The van der Waals surface area contributed by atoms with E-state index in [1.807, 2.05) is 4.90 Å². The summed E-state index contributed by atoms with van der Waals surface area (Å²) in [5, 5.41) is 0. The molecule has 1 fully saturated rings. The first-order chi connectivity index (χ1) is 9.41. The summed E-state index contributed by atoms with van der Waals surface area (Å²) in [6.07, 6.45) is 0. The zero-order valence-corrected chi connectivity index (χ0v) is 12.5. The van der Waals surface area contributed by atoms with E-state index in [9.17, 15) is 9.18 Å². The van der Waals surface area contributed by atoms with Crippen LogP contribution in [0.25, 0.3) is 0 Å². The quantitative estimate of drug-likeness (QED) is 0.801. The van der Waals surface area contributed by atoms with Gasteiger partial charge >= 0.3 is 0 Å². The Morgan fingerprint density at radius 2 is 1.75 bits per heavy atom. The normalized spacial score (nSPS) is 15.8. The van der Waals surface area contributed by atoms with E-state index >= 15 is 0 Å². The molecule has 0 aromatic heterocycles. The highest BCUT2D eigenvalue weighted by Gasteiger charge is 2.19. The van der Waals surface area contributed by atoms with Gasteiger partial charge < -0.3 is 10.6 Å². The molecule has 0 spiro atoms. The van der Waals surface area contributed by atoms with Crippen molar-refractivity contribution in [3.8, 4) is 0 Å². The van der Waals surface area contributed by atoms with Gasteiger partial charge in [-0.3, -0.25) is 9.69 Å². The summed E-state index contributed by atoms with van der Waals surface area (Å²) in [6, 6.07) is 6.76. The Morgan fingerprint density at radius 3 is 2.10 bits per heavy atom. The minimum atomic E-state index is -0.354. The second-order valence-electron chi connectivity index (χ2n) is 5.16. The lowest BCUT2D eigenvalue weighted by Crippen LogP contribution is -2.50. The minimum absolute atomic E-state index is 0.201. The number of nitrogens with two attached hydrogens (primary N) is 1. The number of amides is 1. The maximum absolute atomic E-state index is 12.2. The van der Waals surface area contributed by atoms with E-state index < -0.39 is 0 Å².